The van der Waals surface area contributed by atoms with Crippen molar-refractivity contribution in [2.45, 2.75) is 127 Å². The summed E-state index contributed by atoms with van der Waals surface area (Å²) in [5.74, 6) is 0.418. The van der Waals surface area contributed by atoms with Gasteiger partial charge >= 0.3 is 31.1 Å². The van der Waals surface area contributed by atoms with Crippen molar-refractivity contribution in [2.24, 2.45) is 10.8 Å². The Bertz CT molecular complexity index is 3130. The standard InChI is InChI=1S/C56H63F10N11O10/c1-53(2,55(61,62)63)45(70-51(81)86-37-26-84-27-37)47(79)69-43(15-31-8-5-30(6-9-31)7-10-32-18-67-50(68-19-32)74-20-34-11-12-35(21-74)77(34)36-24-83-25-36)44(78)23-75(22-39-40(57)16-33(17-41(39)58)42-13-14-76(72-42)49(59)60)73-48(80)46(54(3,4)56(64,65)66)71-52(82)87-38-28-85-29-38/h5-6,8-9,13-14,16-19,34-38,43-46,49,78H,11-12,15,20-29H2,1-4H3,(H,69,79)(H,70,81)(H,71,82)(H,73,80). The van der Waals surface area contributed by atoms with E-state index in [4.69, 9.17) is 23.7 Å². The zero-order valence-corrected chi connectivity index (χ0v) is 47.3. The largest absolute Gasteiger partial charge is 0.441 e. The molecule has 7 heterocycles. The number of carbonyl (C=O) groups is 4. The van der Waals surface area contributed by atoms with Gasteiger partial charge in [0.15, 0.2) is 12.2 Å². The van der Waals surface area contributed by atoms with E-state index in [2.05, 4.69) is 47.4 Å². The van der Waals surface area contributed by atoms with Gasteiger partial charge in [0.05, 0.1) is 79.9 Å². The van der Waals surface area contributed by atoms with Crippen LogP contribution in [0, 0.1) is 34.3 Å². The van der Waals surface area contributed by atoms with E-state index in [-0.39, 0.29) is 47.9 Å². The summed E-state index contributed by atoms with van der Waals surface area (Å²) in [7, 11) is 0. The van der Waals surface area contributed by atoms with E-state index in [1.807, 2.05) is 10.6 Å². The number of hydrogen-bond donors (Lipinski definition) is 5. The number of fused-ring (bicyclic) bond motifs is 2. The van der Waals surface area contributed by atoms with Crippen LogP contribution in [0.1, 0.15) is 69.3 Å². The minimum Gasteiger partial charge on any atom is -0.441 e. The van der Waals surface area contributed by atoms with Crippen LogP contribution in [0.5, 0.6) is 0 Å². The van der Waals surface area contributed by atoms with E-state index in [0.29, 0.717) is 80.0 Å². The average Bonchev–Trinajstić information content (AvgIpc) is 1.85. The number of hydrazine groups is 1. The van der Waals surface area contributed by atoms with Crippen molar-refractivity contribution in [2.75, 3.05) is 64.2 Å². The molecule has 472 valence electrons. The van der Waals surface area contributed by atoms with Gasteiger partial charge in [-0.3, -0.25) is 19.9 Å². The summed E-state index contributed by atoms with van der Waals surface area (Å²) in [6, 6.07) is 2.62. The molecule has 5 aliphatic rings. The molecule has 5 N–H and O–H groups in total. The number of alkyl carbamates (subject to hydrolysis) is 2. The van der Waals surface area contributed by atoms with Crippen LogP contribution in [-0.4, -0.2) is 185 Å². The van der Waals surface area contributed by atoms with Crippen molar-refractivity contribution in [3.05, 3.63) is 94.9 Å². The molecule has 6 unspecified atom stereocenters. The molecule has 0 aliphatic carbocycles. The monoisotopic (exact) mass is 1240 g/mol. The molecule has 21 nitrogen and oxygen atoms in total. The smallest absolute Gasteiger partial charge is 0.408 e. The third-order valence-corrected chi connectivity index (χ3v) is 16.0. The summed E-state index contributed by atoms with van der Waals surface area (Å²) in [5.41, 5.74) is -4.64. The first-order chi connectivity index (χ1) is 41.0. The third-order valence-electron chi connectivity index (χ3n) is 16.0. The minimum absolute atomic E-state index is 0.0919. The Hall–Kier alpha value is -7.37. The lowest BCUT2D eigenvalue weighted by Gasteiger charge is -2.47. The van der Waals surface area contributed by atoms with Gasteiger partial charge in [0.1, 0.15) is 23.7 Å². The second-order valence-corrected chi connectivity index (χ2v) is 23.0. The number of amides is 4. The number of alkyl halides is 8. The summed E-state index contributed by atoms with van der Waals surface area (Å²) in [6.07, 6.45) is -11.7. The summed E-state index contributed by atoms with van der Waals surface area (Å²) in [5, 5.41) is 22.5. The zero-order chi connectivity index (χ0) is 62.8. The molecule has 9 rings (SSSR count). The lowest BCUT2D eigenvalue weighted by molar-refractivity contribution is -0.221. The van der Waals surface area contributed by atoms with E-state index in [1.54, 1.807) is 12.4 Å². The lowest BCUT2D eigenvalue weighted by Crippen LogP contribution is -2.64. The maximum atomic E-state index is 16.2. The summed E-state index contributed by atoms with van der Waals surface area (Å²) >= 11 is 0. The van der Waals surface area contributed by atoms with Crippen LogP contribution in [0.25, 0.3) is 11.3 Å². The SMILES string of the molecule is CC(C)(C(NC(=O)OC1COC1)C(=O)NC(Cc1ccc(C#Cc2cnc(N3CC4CCC(C3)N4C3COC3)nc2)cc1)C(O)CN(Cc1c(F)cc(-c2ccn(C(F)F)n2)cc1F)NC(=O)C(NC(=O)OC1COC1)C(C)(C)C(F)(F)F)C(F)(F)F. The fourth-order valence-electron chi connectivity index (χ4n) is 10.4. The van der Waals surface area contributed by atoms with Gasteiger partial charge in [-0.1, -0.05) is 24.0 Å². The lowest BCUT2D eigenvalue weighted by atomic mass is 9.82. The number of nitrogens with zero attached hydrogens (tertiary/aromatic N) is 7. The molecule has 2 aromatic carbocycles. The normalized spacial score (nSPS) is 20.0. The second kappa shape index (κ2) is 26.1. The Morgan fingerprint density at radius 1 is 0.724 bits per heavy atom. The number of benzene rings is 2. The first kappa shape index (κ1) is 64.1. The highest BCUT2D eigenvalue weighted by molar-refractivity contribution is 5.87. The Balaban J connectivity index is 1.00. The Kier molecular flexibility index (Phi) is 19.3. The van der Waals surface area contributed by atoms with Crippen molar-refractivity contribution >= 4 is 29.9 Å². The maximum Gasteiger partial charge on any atom is 0.408 e. The Labute approximate surface area is 491 Å². The van der Waals surface area contributed by atoms with Crippen LogP contribution in [-0.2, 0) is 46.2 Å². The molecule has 6 atom stereocenters. The molecular formula is C56H63F10N11O10. The molecule has 31 heteroatoms. The third kappa shape index (κ3) is 15.0. The first-order valence-corrected chi connectivity index (χ1v) is 27.7. The highest BCUT2D eigenvalue weighted by atomic mass is 19.4. The summed E-state index contributed by atoms with van der Waals surface area (Å²) in [6.45, 7) is -0.569. The van der Waals surface area contributed by atoms with Crippen LogP contribution in [0.2, 0.25) is 0 Å². The second-order valence-electron chi connectivity index (χ2n) is 23.0. The van der Waals surface area contributed by atoms with E-state index >= 15 is 8.78 Å². The number of carbonyl (C=O) groups excluding carboxylic acids is 4. The molecule has 0 saturated carbocycles. The Morgan fingerprint density at radius 3 is 1.71 bits per heavy atom. The van der Waals surface area contributed by atoms with Gasteiger partial charge in [-0.2, -0.15) is 40.2 Å². The molecule has 4 aromatic rings. The number of nitrogens with one attached hydrogen (secondary N) is 4. The minimum atomic E-state index is -5.26. The Morgan fingerprint density at radius 2 is 1.24 bits per heavy atom. The molecule has 4 amide bonds. The number of aliphatic hydroxyl groups is 1. The van der Waals surface area contributed by atoms with Crippen LogP contribution in [0.3, 0.4) is 0 Å². The van der Waals surface area contributed by atoms with Crippen molar-refractivity contribution in [3.8, 4) is 23.1 Å². The van der Waals surface area contributed by atoms with Crippen molar-refractivity contribution in [3.63, 3.8) is 0 Å². The molecule has 2 bridgehead atoms. The maximum absolute atomic E-state index is 16.2. The van der Waals surface area contributed by atoms with Gasteiger partial charge in [0.25, 0.3) is 5.91 Å². The van der Waals surface area contributed by atoms with Gasteiger partial charge in [-0.05, 0) is 82.9 Å². The molecule has 0 radical (unpaired) electrons. The van der Waals surface area contributed by atoms with Gasteiger partial charge in [0, 0.05) is 73.5 Å². The van der Waals surface area contributed by atoms with Crippen molar-refractivity contribution < 1.29 is 91.9 Å². The summed E-state index contributed by atoms with van der Waals surface area (Å²) in [4.78, 5) is 68.6. The van der Waals surface area contributed by atoms with E-state index in [1.165, 1.54) is 24.3 Å². The van der Waals surface area contributed by atoms with Crippen LogP contribution >= 0.6 is 0 Å². The number of aromatic nitrogens is 4. The number of anilines is 1. The van der Waals surface area contributed by atoms with Crippen molar-refractivity contribution in [1.82, 2.24) is 51.0 Å². The summed E-state index contributed by atoms with van der Waals surface area (Å²) < 4.78 is 174. The topological polar surface area (TPSA) is 236 Å². The highest BCUT2D eigenvalue weighted by Crippen LogP contribution is 2.42. The highest BCUT2D eigenvalue weighted by Gasteiger charge is 2.58. The van der Waals surface area contributed by atoms with Crippen LogP contribution < -0.4 is 26.3 Å². The fraction of sp³-hybridized carbons (Fsp3) is 0.554. The molecule has 5 aliphatic heterocycles. The average molecular weight is 1240 g/mol. The van der Waals surface area contributed by atoms with Crippen molar-refractivity contribution in [1.29, 1.82) is 0 Å². The predicted molar refractivity (Wildman–Crippen MR) is 285 cm³/mol. The van der Waals surface area contributed by atoms with Crippen LogP contribution in [0.4, 0.5) is 59.4 Å². The number of ether oxygens (including phenoxy) is 5. The number of rotatable bonds is 21. The molecular weight excluding hydrogens is 1180 g/mol. The molecule has 5 fully saturated rings. The van der Waals surface area contributed by atoms with Crippen LogP contribution in [0.15, 0.2) is 61.1 Å². The van der Waals surface area contributed by atoms with E-state index in [9.17, 15) is 59.4 Å². The van der Waals surface area contributed by atoms with E-state index in [0.717, 1.165) is 51.4 Å². The molecule has 87 heavy (non-hydrogen) atoms. The van der Waals surface area contributed by atoms with Gasteiger partial charge in [-0.25, -0.2) is 38.0 Å². The zero-order valence-electron chi connectivity index (χ0n) is 47.3. The first-order valence-electron chi connectivity index (χ1n) is 27.7. The number of halogens is 10. The van der Waals surface area contributed by atoms with Gasteiger partial charge in [-0.15, -0.1) is 0 Å². The number of hydrogen-bond acceptors (Lipinski definition) is 16. The predicted octanol–water partition coefficient (Wildman–Crippen LogP) is 5.55. The molecule has 2 aromatic heterocycles. The molecule has 5 saturated heterocycles. The van der Waals surface area contributed by atoms with Gasteiger partial charge in [0.2, 0.25) is 11.9 Å². The number of piperazine rings is 1. The number of aliphatic hydroxyl groups excluding tert-OH is 1. The quantitative estimate of drug-likeness (QED) is 0.0391. The fourth-order valence-corrected chi connectivity index (χ4v) is 10.4. The molecule has 0 spiro atoms. The van der Waals surface area contributed by atoms with Gasteiger partial charge < -0.3 is 49.6 Å². The van der Waals surface area contributed by atoms with E-state index < -0.39 is 127 Å².